The van der Waals surface area contributed by atoms with Gasteiger partial charge in [-0.15, -0.1) is 12.4 Å². The van der Waals surface area contributed by atoms with Gasteiger partial charge in [-0.25, -0.2) is 9.78 Å². The maximum absolute atomic E-state index is 12.5. The standard InChI is InChI=1S/C17H30N4O.ClH/c1-13(2)20(14(3)4)10-11-21(17(22)19(6)7)16-12-15(5)8-9-18-16;/h8-9,12-14H,10-11H2,1-7H3;1H. The molecule has 23 heavy (non-hydrogen) atoms. The summed E-state index contributed by atoms with van der Waals surface area (Å²) in [6.45, 7) is 12.2. The van der Waals surface area contributed by atoms with E-state index in [1.54, 1.807) is 30.1 Å². The monoisotopic (exact) mass is 342 g/mol. The molecule has 6 heteroatoms. The van der Waals surface area contributed by atoms with E-state index in [9.17, 15) is 4.79 Å². The van der Waals surface area contributed by atoms with E-state index in [4.69, 9.17) is 0 Å². The molecule has 0 atom stereocenters. The molecule has 132 valence electrons. The minimum atomic E-state index is -0.0365. The van der Waals surface area contributed by atoms with Crippen LogP contribution in [0.4, 0.5) is 10.6 Å². The minimum absolute atomic E-state index is 0. The Labute approximate surface area is 147 Å². The summed E-state index contributed by atoms with van der Waals surface area (Å²) < 4.78 is 0. The number of halogens is 1. The van der Waals surface area contributed by atoms with Crippen LogP contribution < -0.4 is 4.90 Å². The lowest BCUT2D eigenvalue weighted by Gasteiger charge is -2.33. The fourth-order valence-electron chi connectivity index (χ4n) is 2.55. The van der Waals surface area contributed by atoms with Crippen molar-refractivity contribution in [2.45, 2.75) is 46.7 Å². The normalized spacial score (nSPS) is 10.9. The Bertz CT molecular complexity index is 483. The highest BCUT2D eigenvalue weighted by Gasteiger charge is 2.21. The Morgan fingerprint density at radius 3 is 2.13 bits per heavy atom. The number of aryl methyl sites for hydroxylation is 1. The van der Waals surface area contributed by atoms with Gasteiger partial charge in [-0.05, 0) is 52.3 Å². The second kappa shape index (κ2) is 9.73. The second-order valence-corrected chi connectivity index (χ2v) is 6.45. The Morgan fingerprint density at radius 2 is 1.70 bits per heavy atom. The molecule has 0 spiro atoms. The van der Waals surface area contributed by atoms with E-state index in [1.165, 1.54) is 0 Å². The van der Waals surface area contributed by atoms with Crippen LogP contribution in [0.1, 0.15) is 33.3 Å². The van der Waals surface area contributed by atoms with E-state index in [-0.39, 0.29) is 18.4 Å². The van der Waals surface area contributed by atoms with E-state index in [0.29, 0.717) is 24.4 Å². The average Bonchev–Trinajstić information content (AvgIpc) is 2.41. The summed E-state index contributed by atoms with van der Waals surface area (Å²) in [6.07, 6.45) is 1.75. The van der Waals surface area contributed by atoms with Crippen LogP contribution in [0.3, 0.4) is 0 Å². The van der Waals surface area contributed by atoms with Crippen LogP contribution in [0.2, 0.25) is 0 Å². The summed E-state index contributed by atoms with van der Waals surface area (Å²) in [5.41, 5.74) is 1.10. The van der Waals surface area contributed by atoms with Crippen LogP contribution in [0, 0.1) is 6.92 Å². The Kier molecular flexibility index (Phi) is 9.17. The number of carbonyl (C=O) groups excluding carboxylic acids is 1. The van der Waals surface area contributed by atoms with Crippen molar-refractivity contribution >= 4 is 24.3 Å². The molecule has 0 saturated heterocycles. The van der Waals surface area contributed by atoms with E-state index >= 15 is 0 Å². The van der Waals surface area contributed by atoms with Gasteiger partial charge in [-0.2, -0.15) is 0 Å². The molecule has 1 heterocycles. The predicted octanol–water partition coefficient (Wildman–Crippen LogP) is 3.42. The van der Waals surface area contributed by atoms with Crippen molar-refractivity contribution < 1.29 is 4.79 Å². The third kappa shape index (κ3) is 6.36. The van der Waals surface area contributed by atoms with Crippen molar-refractivity contribution in [3.05, 3.63) is 23.9 Å². The lowest BCUT2D eigenvalue weighted by Crippen LogP contribution is -2.47. The largest absolute Gasteiger partial charge is 0.330 e. The van der Waals surface area contributed by atoms with Crippen molar-refractivity contribution in [1.82, 2.24) is 14.8 Å². The SMILES string of the molecule is Cc1ccnc(N(CCN(C(C)C)C(C)C)C(=O)N(C)C)c1.Cl. The molecular weight excluding hydrogens is 312 g/mol. The number of nitrogens with zero attached hydrogens (tertiary/aromatic N) is 4. The van der Waals surface area contributed by atoms with Crippen molar-refractivity contribution in [2.24, 2.45) is 0 Å². The predicted molar refractivity (Wildman–Crippen MR) is 99.6 cm³/mol. The first-order valence-electron chi connectivity index (χ1n) is 7.91. The van der Waals surface area contributed by atoms with E-state index in [2.05, 4.69) is 37.6 Å². The van der Waals surface area contributed by atoms with Gasteiger partial charge in [0, 0.05) is 45.5 Å². The smallest absolute Gasteiger partial charge is 0.325 e. The number of urea groups is 1. The zero-order valence-corrected chi connectivity index (χ0v) is 16.2. The van der Waals surface area contributed by atoms with Crippen molar-refractivity contribution in [3.63, 3.8) is 0 Å². The highest BCUT2D eigenvalue weighted by atomic mass is 35.5. The van der Waals surface area contributed by atoms with Crippen LogP contribution in [0.15, 0.2) is 18.3 Å². The Hall–Kier alpha value is -1.33. The maximum Gasteiger partial charge on any atom is 0.325 e. The van der Waals surface area contributed by atoms with Gasteiger partial charge < -0.3 is 4.90 Å². The number of pyridine rings is 1. The number of rotatable bonds is 6. The molecule has 0 aliphatic rings. The molecule has 0 fully saturated rings. The molecule has 0 aliphatic heterocycles. The van der Waals surface area contributed by atoms with Gasteiger partial charge in [-0.1, -0.05) is 0 Å². The number of anilines is 1. The third-order valence-electron chi connectivity index (χ3n) is 3.70. The van der Waals surface area contributed by atoms with Gasteiger partial charge in [0.2, 0.25) is 0 Å². The Morgan fingerprint density at radius 1 is 1.13 bits per heavy atom. The summed E-state index contributed by atoms with van der Waals surface area (Å²) >= 11 is 0. The van der Waals surface area contributed by atoms with Crippen LogP contribution in [-0.4, -0.2) is 60.1 Å². The fraction of sp³-hybridized carbons (Fsp3) is 0.647. The van der Waals surface area contributed by atoms with Crippen LogP contribution in [0.25, 0.3) is 0 Å². The van der Waals surface area contributed by atoms with Crippen molar-refractivity contribution in [2.75, 3.05) is 32.1 Å². The molecule has 0 bridgehead atoms. The lowest BCUT2D eigenvalue weighted by molar-refractivity contribution is 0.177. The van der Waals surface area contributed by atoms with E-state index in [1.807, 2.05) is 19.1 Å². The molecule has 0 radical (unpaired) electrons. The van der Waals surface area contributed by atoms with Gasteiger partial charge >= 0.3 is 6.03 Å². The molecule has 0 aromatic carbocycles. The summed E-state index contributed by atoms with van der Waals surface area (Å²) in [5.74, 6) is 0.714. The molecule has 0 saturated carbocycles. The zero-order valence-electron chi connectivity index (χ0n) is 15.4. The van der Waals surface area contributed by atoms with Gasteiger partial charge in [0.05, 0.1) is 0 Å². The number of hydrogen-bond donors (Lipinski definition) is 0. The maximum atomic E-state index is 12.5. The van der Waals surface area contributed by atoms with Crippen LogP contribution in [0.5, 0.6) is 0 Å². The second-order valence-electron chi connectivity index (χ2n) is 6.45. The fourth-order valence-corrected chi connectivity index (χ4v) is 2.55. The number of hydrogen-bond acceptors (Lipinski definition) is 3. The third-order valence-corrected chi connectivity index (χ3v) is 3.70. The van der Waals surface area contributed by atoms with Crippen LogP contribution >= 0.6 is 12.4 Å². The molecule has 0 N–H and O–H groups in total. The zero-order chi connectivity index (χ0) is 16.9. The first-order chi connectivity index (χ1) is 10.2. The quantitative estimate of drug-likeness (QED) is 0.795. The van der Waals surface area contributed by atoms with Gasteiger partial charge in [0.1, 0.15) is 5.82 Å². The topological polar surface area (TPSA) is 39.7 Å². The summed E-state index contributed by atoms with van der Waals surface area (Å²) in [5, 5.41) is 0. The molecule has 1 aromatic heterocycles. The number of amides is 2. The molecule has 2 amide bonds. The lowest BCUT2D eigenvalue weighted by atomic mass is 10.2. The molecule has 0 unspecified atom stereocenters. The van der Waals surface area contributed by atoms with E-state index < -0.39 is 0 Å². The highest BCUT2D eigenvalue weighted by Crippen LogP contribution is 2.15. The first kappa shape index (κ1) is 21.7. The summed E-state index contributed by atoms with van der Waals surface area (Å²) in [4.78, 5) is 22.6. The highest BCUT2D eigenvalue weighted by molar-refractivity contribution is 5.90. The van der Waals surface area contributed by atoms with Crippen molar-refractivity contribution in [1.29, 1.82) is 0 Å². The minimum Gasteiger partial charge on any atom is -0.330 e. The molecular formula is C17H31ClN4O. The van der Waals surface area contributed by atoms with Crippen molar-refractivity contribution in [3.8, 4) is 0 Å². The van der Waals surface area contributed by atoms with Gasteiger partial charge in [0.25, 0.3) is 0 Å². The summed E-state index contributed by atoms with van der Waals surface area (Å²) in [7, 11) is 3.54. The molecule has 0 aliphatic carbocycles. The number of carbonyl (C=O) groups is 1. The van der Waals surface area contributed by atoms with Gasteiger partial charge in [0.15, 0.2) is 0 Å². The molecule has 5 nitrogen and oxygen atoms in total. The van der Waals surface area contributed by atoms with Crippen LogP contribution in [-0.2, 0) is 0 Å². The molecule has 1 aromatic rings. The molecule has 1 rings (SSSR count). The average molecular weight is 343 g/mol. The van der Waals surface area contributed by atoms with E-state index in [0.717, 1.165) is 12.1 Å². The first-order valence-corrected chi connectivity index (χ1v) is 7.91. The van der Waals surface area contributed by atoms with Gasteiger partial charge in [-0.3, -0.25) is 9.80 Å². The summed E-state index contributed by atoms with van der Waals surface area (Å²) in [6, 6.07) is 4.75. The Balaban J connectivity index is 0.00000484. The number of aromatic nitrogens is 1.